The van der Waals surface area contributed by atoms with Crippen LogP contribution in [0.5, 0.6) is 0 Å². The molecule has 0 heterocycles. The maximum atomic E-state index is 13.9. The Balaban J connectivity index is 2.25. The third-order valence-corrected chi connectivity index (χ3v) is 5.55. The second-order valence-corrected chi connectivity index (χ2v) is 8.30. The molecule has 1 amide bonds. The van der Waals surface area contributed by atoms with Crippen LogP contribution in [0.15, 0.2) is 48.5 Å². The number of hydrogen-bond acceptors (Lipinski definition) is 3. The average Bonchev–Trinajstić information content (AvgIpc) is 2.64. The molecule has 0 atom stereocenters. The molecule has 2 aromatic rings. The first-order chi connectivity index (χ1) is 12.8. The van der Waals surface area contributed by atoms with Gasteiger partial charge in [0.15, 0.2) is 0 Å². The van der Waals surface area contributed by atoms with Gasteiger partial charge in [0, 0.05) is 17.2 Å². The first kappa shape index (κ1) is 20.9. The van der Waals surface area contributed by atoms with E-state index in [0.717, 1.165) is 23.4 Å². The second-order valence-electron chi connectivity index (χ2n) is 6.39. The molecule has 0 bridgehead atoms. The van der Waals surface area contributed by atoms with Crippen LogP contribution in [0.1, 0.15) is 42.6 Å². The number of nitrogens with zero attached hydrogens (tertiary/aromatic N) is 1. The predicted octanol–water partition coefficient (Wildman–Crippen LogP) is 3.71. The summed E-state index contributed by atoms with van der Waals surface area (Å²) in [5, 5.41) is 2.94. The van der Waals surface area contributed by atoms with E-state index in [1.165, 1.54) is 6.07 Å². The standard InChI is InChI=1S/C20H25FN2O3S/c1-4-17(5-2)22-20(24)15-10-12-18(13-11-15)23(27(3,25)26)14-16-8-6-7-9-19(16)21/h6-13,17H,4-5,14H2,1-3H3,(H,22,24). The van der Waals surface area contributed by atoms with Gasteiger partial charge >= 0.3 is 0 Å². The molecule has 1 N–H and O–H groups in total. The van der Waals surface area contributed by atoms with Crippen molar-refractivity contribution in [2.45, 2.75) is 39.3 Å². The molecule has 0 aliphatic heterocycles. The number of carbonyl (C=O) groups excluding carboxylic acids is 1. The molecular weight excluding hydrogens is 367 g/mol. The zero-order valence-electron chi connectivity index (χ0n) is 15.8. The maximum absolute atomic E-state index is 13.9. The maximum Gasteiger partial charge on any atom is 0.251 e. The number of sulfonamides is 1. The number of amides is 1. The van der Waals surface area contributed by atoms with Crippen molar-refractivity contribution in [3.05, 3.63) is 65.5 Å². The van der Waals surface area contributed by atoms with Gasteiger partial charge in [-0.3, -0.25) is 9.10 Å². The minimum absolute atomic E-state index is 0.103. The third kappa shape index (κ3) is 5.53. The summed E-state index contributed by atoms with van der Waals surface area (Å²) in [6, 6.07) is 12.4. The molecule has 27 heavy (non-hydrogen) atoms. The van der Waals surface area contributed by atoms with Gasteiger partial charge in [-0.15, -0.1) is 0 Å². The summed E-state index contributed by atoms with van der Waals surface area (Å²) < 4.78 is 39.5. The fourth-order valence-corrected chi connectivity index (χ4v) is 3.60. The van der Waals surface area contributed by atoms with E-state index in [4.69, 9.17) is 0 Å². The second kappa shape index (κ2) is 8.99. The van der Waals surface area contributed by atoms with Crippen LogP contribution in [0, 0.1) is 5.82 Å². The van der Waals surface area contributed by atoms with Gasteiger partial charge in [-0.1, -0.05) is 32.0 Å². The fourth-order valence-electron chi connectivity index (χ4n) is 2.72. The Morgan fingerprint density at radius 1 is 1.07 bits per heavy atom. The third-order valence-electron chi connectivity index (χ3n) is 4.41. The van der Waals surface area contributed by atoms with Crippen LogP contribution < -0.4 is 9.62 Å². The zero-order valence-corrected chi connectivity index (χ0v) is 16.6. The van der Waals surface area contributed by atoms with Crippen LogP contribution in [-0.4, -0.2) is 26.6 Å². The number of halogens is 1. The first-order valence-electron chi connectivity index (χ1n) is 8.88. The summed E-state index contributed by atoms with van der Waals surface area (Å²) in [5.41, 5.74) is 1.10. The summed E-state index contributed by atoms with van der Waals surface area (Å²) in [6.07, 6.45) is 2.75. The molecule has 0 aromatic heterocycles. The van der Waals surface area contributed by atoms with Gasteiger partial charge in [0.25, 0.3) is 5.91 Å². The highest BCUT2D eigenvalue weighted by Crippen LogP contribution is 2.22. The molecule has 0 fully saturated rings. The molecule has 0 saturated carbocycles. The average molecular weight is 392 g/mol. The van der Waals surface area contributed by atoms with Crippen molar-refractivity contribution < 1.29 is 17.6 Å². The van der Waals surface area contributed by atoms with Crippen LogP contribution in [0.2, 0.25) is 0 Å². The van der Waals surface area contributed by atoms with E-state index >= 15 is 0 Å². The van der Waals surface area contributed by atoms with Crippen LogP contribution >= 0.6 is 0 Å². The lowest BCUT2D eigenvalue weighted by Gasteiger charge is -2.23. The minimum Gasteiger partial charge on any atom is -0.349 e. The fraction of sp³-hybridized carbons (Fsp3) is 0.350. The lowest BCUT2D eigenvalue weighted by atomic mass is 10.1. The van der Waals surface area contributed by atoms with Gasteiger partial charge in [0.1, 0.15) is 5.82 Å². The highest BCUT2D eigenvalue weighted by molar-refractivity contribution is 7.92. The Morgan fingerprint density at radius 2 is 1.67 bits per heavy atom. The normalized spacial score (nSPS) is 11.4. The Bertz CT molecular complexity index is 878. The summed E-state index contributed by atoms with van der Waals surface area (Å²) in [5.74, 6) is -0.664. The number of benzene rings is 2. The summed E-state index contributed by atoms with van der Waals surface area (Å²) in [4.78, 5) is 12.3. The largest absolute Gasteiger partial charge is 0.349 e. The number of nitrogens with one attached hydrogen (secondary N) is 1. The lowest BCUT2D eigenvalue weighted by molar-refractivity contribution is 0.0935. The molecule has 0 radical (unpaired) electrons. The van der Waals surface area contributed by atoms with Crippen molar-refractivity contribution in [1.29, 1.82) is 0 Å². The molecule has 2 rings (SSSR count). The van der Waals surface area contributed by atoms with E-state index in [1.807, 2.05) is 13.8 Å². The Labute approximate surface area is 160 Å². The topological polar surface area (TPSA) is 66.5 Å². The Hall–Kier alpha value is -2.41. The van der Waals surface area contributed by atoms with E-state index in [-0.39, 0.29) is 24.1 Å². The van der Waals surface area contributed by atoms with E-state index in [1.54, 1.807) is 42.5 Å². The molecule has 146 valence electrons. The van der Waals surface area contributed by atoms with E-state index in [9.17, 15) is 17.6 Å². The van der Waals surface area contributed by atoms with Gasteiger partial charge < -0.3 is 5.32 Å². The molecule has 0 saturated heterocycles. The van der Waals surface area contributed by atoms with Crippen molar-refractivity contribution in [1.82, 2.24) is 5.32 Å². The summed E-state index contributed by atoms with van der Waals surface area (Å²) in [7, 11) is -3.63. The van der Waals surface area contributed by atoms with E-state index in [2.05, 4.69) is 5.32 Å². The number of anilines is 1. The van der Waals surface area contributed by atoms with Crippen LogP contribution in [0.4, 0.5) is 10.1 Å². The summed E-state index contributed by atoms with van der Waals surface area (Å²) in [6.45, 7) is 3.89. The SMILES string of the molecule is CCC(CC)NC(=O)c1ccc(N(Cc2ccccc2F)S(C)(=O)=O)cc1. The quantitative estimate of drug-likeness (QED) is 0.745. The van der Waals surface area contributed by atoms with Crippen LogP contribution in [-0.2, 0) is 16.6 Å². The van der Waals surface area contributed by atoms with Gasteiger partial charge in [-0.25, -0.2) is 12.8 Å². The molecule has 2 aromatic carbocycles. The van der Waals surface area contributed by atoms with Gasteiger partial charge in [0.05, 0.1) is 18.5 Å². The monoisotopic (exact) mass is 392 g/mol. The van der Waals surface area contributed by atoms with Crippen LogP contribution in [0.25, 0.3) is 0 Å². The predicted molar refractivity (Wildman–Crippen MR) is 106 cm³/mol. The molecule has 0 aliphatic rings. The smallest absolute Gasteiger partial charge is 0.251 e. The Morgan fingerprint density at radius 3 is 2.19 bits per heavy atom. The molecule has 5 nitrogen and oxygen atoms in total. The lowest BCUT2D eigenvalue weighted by Crippen LogP contribution is -2.34. The Kier molecular flexibility index (Phi) is 6.96. The highest BCUT2D eigenvalue weighted by atomic mass is 32.2. The number of rotatable bonds is 8. The van der Waals surface area contributed by atoms with Crippen molar-refractivity contribution in [2.24, 2.45) is 0 Å². The van der Waals surface area contributed by atoms with Crippen LogP contribution in [0.3, 0.4) is 0 Å². The number of carbonyl (C=O) groups is 1. The molecule has 7 heteroatoms. The van der Waals surface area contributed by atoms with Crippen molar-refractivity contribution in [2.75, 3.05) is 10.6 Å². The van der Waals surface area contributed by atoms with Gasteiger partial charge in [0.2, 0.25) is 10.0 Å². The molecular formula is C20H25FN2O3S. The van der Waals surface area contributed by atoms with Crippen molar-refractivity contribution in [3.63, 3.8) is 0 Å². The first-order valence-corrected chi connectivity index (χ1v) is 10.7. The molecule has 0 aliphatic carbocycles. The van der Waals surface area contributed by atoms with Crippen molar-refractivity contribution >= 4 is 21.6 Å². The minimum atomic E-state index is -3.63. The molecule has 0 unspecified atom stereocenters. The summed E-state index contributed by atoms with van der Waals surface area (Å²) >= 11 is 0. The zero-order chi connectivity index (χ0) is 20.0. The van der Waals surface area contributed by atoms with E-state index < -0.39 is 15.8 Å². The number of hydrogen-bond donors (Lipinski definition) is 1. The van der Waals surface area contributed by atoms with Crippen molar-refractivity contribution in [3.8, 4) is 0 Å². The van der Waals surface area contributed by atoms with Gasteiger partial charge in [-0.2, -0.15) is 0 Å². The molecule has 0 spiro atoms. The van der Waals surface area contributed by atoms with E-state index in [0.29, 0.717) is 11.3 Å². The highest BCUT2D eigenvalue weighted by Gasteiger charge is 2.20. The van der Waals surface area contributed by atoms with Gasteiger partial charge in [-0.05, 0) is 43.2 Å².